The molecule has 0 N–H and O–H groups in total. The van der Waals surface area contributed by atoms with E-state index >= 15 is 0 Å². The zero-order chi connectivity index (χ0) is 10.9. The molecule has 0 saturated heterocycles. The Morgan fingerprint density at radius 3 is 2.29 bits per heavy atom. The van der Waals surface area contributed by atoms with Crippen LogP contribution < -0.4 is 0 Å². The molecule has 1 aliphatic rings. The molecule has 1 atom stereocenters. The third-order valence-corrected chi connectivity index (χ3v) is 2.67. The van der Waals surface area contributed by atoms with E-state index in [1.807, 2.05) is 0 Å². The lowest BCUT2D eigenvalue weighted by atomic mass is 9.77. The molecule has 6 heteroatoms. The van der Waals surface area contributed by atoms with Crippen molar-refractivity contribution >= 4 is 34.8 Å². The molecule has 4 nitrogen and oxygen atoms in total. The van der Waals surface area contributed by atoms with Crippen molar-refractivity contribution in [2.24, 2.45) is 5.41 Å². The Balaban J connectivity index is 3.40. The fraction of sp³-hybridized carbons (Fsp3) is 0.250. The van der Waals surface area contributed by atoms with E-state index in [1.54, 1.807) is 0 Å². The Kier molecular flexibility index (Phi) is 2.62. The van der Waals surface area contributed by atoms with Crippen molar-refractivity contribution < 1.29 is 9.59 Å². The van der Waals surface area contributed by atoms with Crippen LogP contribution in [0, 0.1) is 28.1 Å². The number of alkyl halides is 1. The third kappa shape index (κ3) is 1.21. The van der Waals surface area contributed by atoms with Gasteiger partial charge in [-0.2, -0.15) is 10.5 Å². The van der Waals surface area contributed by atoms with E-state index in [4.69, 9.17) is 33.7 Å². The summed E-state index contributed by atoms with van der Waals surface area (Å²) in [7, 11) is 0. The summed E-state index contributed by atoms with van der Waals surface area (Å²) in [5, 5.41) is 15.5. The maximum absolute atomic E-state index is 11.3. The first-order chi connectivity index (χ1) is 6.49. The number of Topliss-reactive ketones (excluding diaryl/α,β-unsaturated/α-hetero) is 1. The quantitative estimate of drug-likeness (QED) is 0.577. The van der Waals surface area contributed by atoms with Crippen LogP contribution in [0.4, 0.5) is 0 Å². The van der Waals surface area contributed by atoms with E-state index in [0.29, 0.717) is 0 Å². The Morgan fingerprint density at radius 2 is 1.86 bits per heavy atom. The number of halogens is 2. The van der Waals surface area contributed by atoms with Gasteiger partial charge >= 0.3 is 0 Å². The molecule has 0 aliphatic heterocycles. The number of carbonyl (C=O) groups excluding carboxylic acids is 2. The van der Waals surface area contributed by atoms with Gasteiger partial charge in [-0.15, -0.1) is 11.6 Å². The predicted molar refractivity (Wildman–Crippen MR) is 47.2 cm³/mol. The van der Waals surface area contributed by atoms with Crippen LogP contribution >= 0.6 is 23.2 Å². The van der Waals surface area contributed by atoms with Crippen LogP contribution in [0.3, 0.4) is 0 Å². The van der Waals surface area contributed by atoms with Crippen LogP contribution in [-0.2, 0) is 9.59 Å². The minimum Gasteiger partial charge on any atom is -0.292 e. The molecule has 0 aromatic rings. The molecule has 1 rings (SSSR count). The maximum atomic E-state index is 11.3. The smallest absolute Gasteiger partial charge is 0.228 e. The first-order valence-electron chi connectivity index (χ1n) is 3.42. The molecular formula is C8H2Cl2N2O2. The van der Waals surface area contributed by atoms with E-state index in [1.165, 1.54) is 12.1 Å². The summed E-state index contributed by atoms with van der Waals surface area (Å²) in [5.74, 6) is -1.64. The lowest BCUT2D eigenvalue weighted by molar-refractivity contribution is -0.125. The number of nitrogens with zero attached hydrogens (tertiary/aromatic N) is 2. The fourth-order valence-electron chi connectivity index (χ4n) is 0.991. The lowest BCUT2D eigenvalue weighted by Gasteiger charge is -2.23. The van der Waals surface area contributed by atoms with Gasteiger partial charge in [-0.05, 0) is 0 Å². The molecule has 0 radical (unpaired) electrons. The van der Waals surface area contributed by atoms with Crippen molar-refractivity contribution in [3.8, 4) is 12.1 Å². The predicted octanol–water partition coefficient (Wildman–Crippen LogP) is 0.902. The van der Waals surface area contributed by atoms with Gasteiger partial charge in [0.05, 0.1) is 17.2 Å². The zero-order valence-corrected chi connectivity index (χ0v) is 8.13. The van der Waals surface area contributed by atoms with E-state index in [2.05, 4.69) is 0 Å². The molecule has 1 aliphatic carbocycles. The molecule has 0 fully saturated rings. The molecule has 1 unspecified atom stereocenters. The first kappa shape index (κ1) is 10.7. The van der Waals surface area contributed by atoms with Gasteiger partial charge in [-0.1, -0.05) is 11.6 Å². The monoisotopic (exact) mass is 228 g/mol. The Bertz CT molecular complexity index is 414. The Hall–Kier alpha value is -1.36. The molecule has 70 valence electrons. The van der Waals surface area contributed by atoms with Gasteiger partial charge in [0.1, 0.15) is 5.38 Å². The summed E-state index contributed by atoms with van der Waals surface area (Å²) < 4.78 is 0. The molecule has 0 aromatic heterocycles. The molecule has 0 heterocycles. The second-order valence-corrected chi connectivity index (χ2v) is 3.46. The fourth-order valence-corrected chi connectivity index (χ4v) is 1.58. The minimum absolute atomic E-state index is 0.351. The normalized spacial score (nSPS) is 24.9. The molecule has 14 heavy (non-hydrogen) atoms. The van der Waals surface area contributed by atoms with Crippen molar-refractivity contribution in [1.29, 1.82) is 10.5 Å². The number of rotatable bonds is 0. The van der Waals surface area contributed by atoms with Crippen LogP contribution in [0.5, 0.6) is 0 Å². The number of hydrogen-bond donors (Lipinski definition) is 0. The standard InChI is InChI=1S/C8H2Cl2N2O2/c9-4-1-5(13)8(2-11,3-12)7(10)6(4)14/h1,7H. The lowest BCUT2D eigenvalue weighted by Crippen LogP contribution is -2.44. The average molecular weight is 229 g/mol. The highest BCUT2D eigenvalue weighted by Crippen LogP contribution is 2.34. The number of allylic oxidation sites excluding steroid dienone is 2. The molecule has 0 spiro atoms. The number of hydrogen-bond acceptors (Lipinski definition) is 4. The van der Waals surface area contributed by atoms with Gasteiger partial charge in [0, 0.05) is 6.08 Å². The van der Waals surface area contributed by atoms with Crippen LogP contribution in [0.25, 0.3) is 0 Å². The van der Waals surface area contributed by atoms with Crippen molar-refractivity contribution in [3.63, 3.8) is 0 Å². The second-order valence-electron chi connectivity index (χ2n) is 2.61. The highest BCUT2D eigenvalue weighted by Gasteiger charge is 2.52. The van der Waals surface area contributed by atoms with Gasteiger partial charge in [-0.3, -0.25) is 9.59 Å². The Labute approximate surface area is 89.3 Å². The van der Waals surface area contributed by atoms with E-state index in [0.717, 1.165) is 6.08 Å². The van der Waals surface area contributed by atoms with E-state index < -0.39 is 22.4 Å². The van der Waals surface area contributed by atoms with Crippen molar-refractivity contribution in [2.45, 2.75) is 5.38 Å². The molecular weight excluding hydrogens is 227 g/mol. The molecule has 0 bridgehead atoms. The highest BCUT2D eigenvalue weighted by molar-refractivity contribution is 6.52. The number of ketones is 2. The van der Waals surface area contributed by atoms with Gasteiger partial charge in [0.25, 0.3) is 0 Å². The largest absolute Gasteiger partial charge is 0.292 e. The molecule has 0 aromatic carbocycles. The maximum Gasteiger partial charge on any atom is 0.228 e. The van der Waals surface area contributed by atoms with Crippen LogP contribution in [0.1, 0.15) is 0 Å². The second kappa shape index (κ2) is 3.42. The summed E-state index contributed by atoms with van der Waals surface area (Å²) in [6, 6.07) is 2.90. The number of nitriles is 2. The third-order valence-electron chi connectivity index (χ3n) is 1.84. The topological polar surface area (TPSA) is 81.7 Å². The summed E-state index contributed by atoms with van der Waals surface area (Å²) in [6.45, 7) is 0. The summed E-state index contributed by atoms with van der Waals surface area (Å²) in [5.41, 5.74) is -2.14. The van der Waals surface area contributed by atoms with Crippen molar-refractivity contribution in [2.75, 3.05) is 0 Å². The van der Waals surface area contributed by atoms with E-state index in [-0.39, 0.29) is 5.03 Å². The van der Waals surface area contributed by atoms with Gasteiger partial charge in [0.2, 0.25) is 5.41 Å². The average Bonchev–Trinajstić information content (AvgIpc) is 2.17. The molecule has 0 amide bonds. The van der Waals surface area contributed by atoms with Crippen LogP contribution in [-0.4, -0.2) is 16.9 Å². The van der Waals surface area contributed by atoms with Crippen molar-refractivity contribution in [1.82, 2.24) is 0 Å². The van der Waals surface area contributed by atoms with Crippen LogP contribution in [0.15, 0.2) is 11.1 Å². The van der Waals surface area contributed by atoms with Crippen LogP contribution in [0.2, 0.25) is 0 Å². The Morgan fingerprint density at radius 1 is 1.36 bits per heavy atom. The number of carbonyl (C=O) groups is 2. The molecule has 0 saturated carbocycles. The van der Waals surface area contributed by atoms with E-state index in [9.17, 15) is 9.59 Å². The van der Waals surface area contributed by atoms with Gasteiger partial charge in [0.15, 0.2) is 11.6 Å². The van der Waals surface area contributed by atoms with Gasteiger partial charge < -0.3 is 0 Å². The summed E-state index contributed by atoms with van der Waals surface area (Å²) in [6.07, 6.45) is 0.759. The van der Waals surface area contributed by atoms with Gasteiger partial charge in [-0.25, -0.2) is 0 Å². The SMILES string of the molecule is N#CC1(C#N)C(=O)C=C(Cl)C(=O)C1Cl. The highest BCUT2D eigenvalue weighted by atomic mass is 35.5. The zero-order valence-electron chi connectivity index (χ0n) is 6.62. The minimum atomic E-state index is -2.14. The first-order valence-corrected chi connectivity index (χ1v) is 4.23. The summed E-state index contributed by atoms with van der Waals surface area (Å²) >= 11 is 10.9. The van der Waals surface area contributed by atoms with Crippen molar-refractivity contribution in [3.05, 3.63) is 11.1 Å². The summed E-state index contributed by atoms with van der Waals surface area (Å²) in [4.78, 5) is 22.5.